The van der Waals surface area contributed by atoms with Crippen molar-refractivity contribution in [1.82, 2.24) is 0 Å². The molecule has 0 heterocycles. The lowest BCUT2D eigenvalue weighted by Crippen LogP contribution is -1.90. The van der Waals surface area contributed by atoms with Crippen LogP contribution in [0.5, 0.6) is 0 Å². The van der Waals surface area contributed by atoms with Crippen LogP contribution in [0.3, 0.4) is 0 Å². The van der Waals surface area contributed by atoms with Crippen LogP contribution in [-0.2, 0) is 0 Å². The lowest BCUT2D eigenvalue weighted by Gasteiger charge is -2.17. The largest absolute Gasteiger partial charge is 0.0616 e. The van der Waals surface area contributed by atoms with Gasteiger partial charge in [0, 0.05) is 0 Å². The van der Waals surface area contributed by atoms with Gasteiger partial charge in [0.25, 0.3) is 0 Å². The van der Waals surface area contributed by atoms with Crippen LogP contribution in [-0.4, -0.2) is 0 Å². The van der Waals surface area contributed by atoms with Gasteiger partial charge < -0.3 is 0 Å². The van der Waals surface area contributed by atoms with Gasteiger partial charge in [0.2, 0.25) is 0 Å². The zero-order valence-electron chi connectivity index (χ0n) is 34.9. The second kappa shape index (κ2) is 13.6. The minimum atomic E-state index is 1.23. The molecule has 0 aromatic heterocycles. The number of fused-ring (bicyclic) bond motifs is 8. The van der Waals surface area contributed by atoms with Crippen molar-refractivity contribution in [1.29, 1.82) is 0 Å². The normalized spacial score (nSPS) is 12.1. The van der Waals surface area contributed by atoms with Gasteiger partial charge in [0.1, 0.15) is 0 Å². The van der Waals surface area contributed by atoms with E-state index in [4.69, 9.17) is 0 Å². The Labute approximate surface area is 370 Å². The maximum Gasteiger partial charge on any atom is -0.00203 e. The van der Waals surface area contributed by atoms with Gasteiger partial charge in [-0.25, -0.2) is 0 Å². The topological polar surface area (TPSA) is 0 Å². The summed E-state index contributed by atoms with van der Waals surface area (Å²) in [5.41, 5.74) is 9.94. The van der Waals surface area contributed by atoms with Crippen molar-refractivity contribution in [2.45, 2.75) is 0 Å². The highest BCUT2D eigenvalue weighted by atomic mass is 14.2. The van der Waals surface area contributed by atoms with E-state index in [-0.39, 0.29) is 0 Å². The molecule has 0 nitrogen and oxygen atoms in total. The van der Waals surface area contributed by atoms with Crippen molar-refractivity contribution >= 4 is 97.0 Å². The molecule has 0 N–H and O–H groups in total. The molecule has 14 aromatic rings. The summed E-state index contributed by atoms with van der Waals surface area (Å²) < 4.78 is 0. The summed E-state index contributed by atoms with van der Waals surface area (Å²) >= 11 is 0. The van der Waals surface area contributed by atoms with Gasteiger partial charge in [-0.05, 0) is 178 Å². The van der Waals surface area contributed by atoms with Crippen LogP contribution in [0, 0.1) is 0 Å². The number of hydrogen-bond acceptors (Lipinski definition) is 0. The summed E-state index contributed by atoms with van der Waals surface area (Å²) in [4.78, 5) is 0. The van der Waals surface area contributed by atoms with Gasteiger partial charge in [-0.2, -0.15) is 0 Å². The van der Waals surface area contributed by atoms with E-state index in [0.717, 1.165) is 0 Å². The van der Waals surface area contributed by atoms with Crippen LogP contribution in [0.4, 0.5) is 0 Å². The summed E-state index contributed by atoms with van der Waals surface area (Å²) in [7, 11) is 0. The predicted molar refractivity (Wildman–Crippen MR) is 277 cm³/mol. The summed E-state index contributed by atoms with van der Waals surface area (Å²) in [6.45, 7) is 0. The second-order valence-electron chi connectivity index (χ2n) is 17.6. The Hall–Kier alpha value is -8.32. The molecular formula is C64H38. The van der Waals surface area contributed by atoms with Crippen molar-refractivity contribution in [3.05, 3.63) is 231 Å². The third-order valence-electron chi connectivity index (χ3n) is 14.1. The predicted octanol–water partition coefficient (Wildman–Crippen LogP) is 18.2. The summed E-state index contributed by atoms with van der Waals surface area (Å²) in [5.74, 6) is 0. The van der Waals surface area contributed by atoms with E-state index in [0.29, 0.717) is 0 Å². The van der Waals surface area contributed by atoms with Crippen molar-refractivity contribution < 1.29 is 0 Å². The maximum atomic E-state index is 2.42. The van der Waals surface area contributed by atoms with Gasteiger partial charge in [-0.15, -0.1) is 0 Å². The van der Waals surface area contributed by atoms with Crippen molar-refractivity contribution in [2.75, 3.05) is 0 Å². The number of hydrogen-bond donors (Lipinski definition) is 0. The summed E-state index contributed by atoms with van der Waals surface area (Å²) in [6, 6.07) is 86.4. The van der Waals surface area contributed by atoms with E-state index in [1.807, 2.05) is 0 Å². The Morgan fingerprint density at radius 3 is 0.844 bits per heavy atom. The molecule has 0 radical (unpaired) electrons. The highest BCUT2D eigenvalue weighted by Crippen LogP contribution is 2.44. The van der Waals surface area contributed by atoms with Crippen LogP contribution in [0.15, 0.2) is 231 Å². The molecule has 14 rings (SSSR count). The van der Waals surface area contributed by atoms with Crippen LogP contribution in [0.1, 0.15) is 0 Å². The molecule has 0 bridgehead atoms. The lowest BCUT2D eigenvalue weighted by molar-refractivity contribution is 1.67. The SMILES string of the molecule is c1ccc2cc(-c3ccc4ccc5ccc(-c6ccc7ccc8c(-c9ccc%10ccc%11ccc(-c%12ccc%13ccccc%13c%12)cc%11c%10c9)ccc9ccc6c7c98)cc5c4c3)ccc2c1. The smallest absolute Gasteiger partial charge is 0.00203 e. The molecule has 294 valence electrons. The lowest BCUT2D eigenvalue weighted by atomic mass is 9.86. The first kappa shape index (κ1) is 35.3. The van der Waals surface area contributed by atoms with Crippen molar-refractivity contribution in [2.24, 2.45) is 0 Å². The Morgan fingerprint density at radius 2 is 0.438 bits per heavy atom. The molecule has 0 aliphatic rings. The third kappa shape index (κ3) is 5.43. The van der Waals surface area contributed by atoms with Crippen molar-refractivity contribution in [3.63, 3.8) is 0 Å². The fraction of sp³-hybridized carbons (Fsp3) is 0. The fourth-order valence-corrected chi connectivity index (χ4v) is 10.8. The van der Waals surface area contributed by atoms with E-state index in [1.165, 1.54) is 141 Å². The Balaban J connectivity index is 0.908. The minimum absolute atomic E-state index is 1.23. The van der Waals surface area contributed by atoms with Gasteiger partial charge >= 0.3 is 0 Å². The van der Waals surface area contributed by atoms with E-state index >= 15 is 0 Å². The minimum Gasteiger partial charge on any atom is -0.0616 e. The zero-order valence-corrected chi connectivity index (χ0v) is 34.9. The molecule has 0 unspecified atom stereocenters. The molecule has 0 fully saturated rings. The standard InChI is InChI=1S/C64H38/c1-3-7-47-33-49(19-9-39(47)5-1)51-21-15-41-11-13-43-17-23-53(37-61(43)59(41)35-51)55-29-25-45-28-32-58-56(30-26-46-27-31-57(55)63(45)64(46)58)54-24-18-44-14-12-42-16-22-52(36-60(42)62(44)38-54)50-20-10-40-6-2-4-8-48(40)34-50/h1-38H. The number of benzene rings is 14. The molecule has 14 aromatic carbocycles. The van der Waals surface area contributed by atoms with E-state index in [1.54, 1.807) is 0 Å². The Bertz CT molecular complexity index is 3970. The molecule has 0 saturated carbocycles. The molecule has 0 aliphatic carbocycles. The third-order valence-corrected chi connectivity index (χ3v) is 14.1. The first-order chi connectivity index (χ1) is 31.7. The molecule has 0 saturated heterocycles. The van der Waals surface area contributed by atoms with Gasteiger partial charge in [-0.3, -0.25) is 0 Å². The van der Waals surface area contributed by atoms with Crippen LogP contribution >= 0.6 is 0 Å². The van der Waals surface area contributed by atoms with E-state index in [2.05, 4.69) is 231 Å². The molecule has 0 spiro atoms. The highest BCUT2D eigenvalue weighted by Gasteiger charge is 2.17. The summed E-state index contributed by atoms with van der Waals surface area (Å²) in [6.07, 6.45) is 0. The van der Waals surface area contributed by atoms with Gasteiger partial charge in [0.15, 0.2) is 0 Å². The van der Waals surface area contributed by atoms with Crippen LogP contribution < -0.4 is 0 Å². The monoisotopic (exact) mass is 806 g/mol. The molecule has 0 amide bonds. The van der Waals surface area contributed by atoms with E-state index in [9.17, 15) is 0 Å². The Kier molecular flexibility index (Phi) is 7.49. The van der Waals surface area contributed by atoms with Crippen LogP contribution in [0.2, 0.25) is 0 Å². The molecule has 64 heavy (non-hydrogen) atoms. The first-order valence-electron chi connectivity index (χ1n) is 22.3. The second-order valence-corrected chi connectivity index (χ2v) is 17.6. The average molecular weight is 807 g/mol. The van der Waals surface area contributed by atoms with E-state index < -0.39 is 0 Å². The van der Waals surface area contributed by atoms with Gasteiger partial charge in [-0.1, -0.05) is 194 Å². The zero-order chi connectivity index (χ0) is 41.9. The first-order valence-corrected chi connectivity index (χ1v) is 22.3. The quantitative estimate of drug-likeness (QED) is 0.155. The van der Waals surface area contributed by atoms with Crippen LogP contribution in [0.25, 0.3) is 141 Å². The highest BCUT2D eigenvalue weighted by molar-refractivity contribution is 6.28. The maximum absolute atomic E-state index is 2.42. The molecular weight excluding hydrogens is 769 g/mol. The van der Waals surface area contributed by atoms with Crippen molar-refractivity contribution in [3.8, 4) is 44.5 Å². The molecule has 0 aliphatic heterocycles. The molecule has 0 heteroatoms. The summed E-state index contributed by atoms with van der Waals surface area (Å²) in [5, 5.41) is 23.0. The fourth-order valence-electron chi connectivity index (χ4n) is 10.8. The molecule has 0 atom stereocenters. The van der Waals surface area contributed by atoms with Gasteiger partial charge in [0.05, 0.1) is 0 Å². The average Bonchev–Trinajstić information content (AvgIpc) is 3.36. The Morgan fingerprint density at radius 1 is 0.156 bits per heavy atom. The number of rotatable bonds is 4.